The zero-order valence-corrected chi connectivity index (χ0v) is 8.61. The normalized spacial score (nSPS) is 27.4. The number of morpholine rings is 1. The number of nitrogens with zero attached hydrogens (tertiary/aromatic N) is 1. The minimum absolute atomic E-state index is 0.0180. The average molecular weight is 201 g/mol. The third-order valence-corrected chi connectivity index (χ3v) is 2.66. The highest BCUT2D eigenvalue weighted by molar-refractivity contribution is 4.64. The monoisotopic (exact) mass is 201 g/mol. The van der Waals surface area contributed by atoms with Gasteiger partial charge in [0.05, 0.1) is 13.2 Å². The highest BCUT2D eigenvalue weighted by Crippen LogP contribution is 2.08. The van der Waals surface area contributed by atoms with Crippen molar-refractivity contribution in [3.63, 3.8) is 0 Å². The Kier molecular flexibility index (Phi) is 4.19. The summed E-state index contributed by atoms with van der Waals surface area (Å²) in [6, 6.07) is 0. The lowest BCUT2D eigenvalue weighted by Crippen LogP contribution is -2.42. The van der Waals surface area contributed by atoms with E-state index in [-0.39, 0.29) is 6.29 Å². The quantitative estimate of drug-likeness (QED) is 0.650. The summed E-state index contributed by atoms with van der Waals surface area (Å²) in [7, 11) is 0. The van der Waals surface area contributed by atoms with Crippen LogP contribution in [0.2, 0.25) is 0 Å². The minimum Gasteiger partial charge on any atom is -0.379 e. The highest BCUT2D eigenvalue weighted by atomic mass is 16.7. The smallest absolute Gasteiger partial charge is 0.170 e. The zero-order valence-electron chi connectivity index (χ0n) is 8.61. The molecule has 4 nitrogen and oxygen atoms in total. The van der Waals surface area contributed by atoms with Crippen molar-refractivity contribution in [2.24, 2.45) is 0 Å². The fourth-order valence-corrected chi connectivity index (χ4v) is 1.78. The van der Waals surface area contributed by atoms with E-state index in [1.807, 2.05) is 0 Å². The zero-order chi connectivity index (χ0) is 9.64. The molecule has 0 aromatic carbocycles. The van der Waals surface area contributed by atoms with Gasteiger partial charge in [0, 0.05) is 32.8 Å². The topological polar surface area (TPSA) is 30.9 Å². The molecule has 4 heteroatoms. The summed E-state index contributed by atoms with van der Waals surface area (Å²) in [5, 5.41) is 0. The summed E-state index contributed by atoms with van der Waals surface area (Å²) < 4.78 is 16.5. The van der Waals surface area contributed by atoms with Crippen molar-refractivity contribution in [1.82, 2.24) is 4.90 Å². The van der Waals surface area contributed by atoms with Gasteiger partial charge in [0.2, 0.25) is 0 Å². The van der Waals surface area contributed by atoms with Crippen LogP contribution in [0, 0.1) is 0 Å². The van der Waals surface area contributed by atoms with Crippen LogP contribution in [0.1, 0.15) is 12.8 Å². The molecule has 0 aliphatic carbocycles. The lowest BCUT2D eigenvalue weighted by Gasteiger charge is -2.29. The molecule has 0 radical (unpaired) electrons. The van der Waals surface area contributed by atoms with Crippen molar-refractivity contribution < 1.29 is 14.2 Å². The van der Waals surface area contributed by atoms with Crippen LogP contribution in [0.25, 0.3) is 0 Å². The Hall–Kier alpha value is -0.160. The van der Waals surface area contributed by atoms with Gasteiger partial charge in [-0.15, -0.1) is 0 Å². The molecule has 0 spiro atoms. The first-order valence-corrected chi connectivity index (χ1v) is 5.48. The van der Waals surface area contributed by atoms with Crippen LogP contribution < -0.4 is 0 Å². The van der Waals surface area contributed by atoms with Gasteiger partial charge in [-0.1, -0.05) is 0 Å². The maximum Gasteiger partial charge on any atom is 0.170 e. The Morgan fingerprint density at radius 1 is 0.929 bits per heavy atom. The van der Waals surface area contributed by atoms with Gasteiger partial charge >= 0.3 is 0 Å². The van der Waals surface area contributed by atoms with E-state index in [4.69, 9.17) is 14.2 Å². The Morgan fingerprint density at radius 2 is 1.57 bits per heavy atom. The van der Waals surface area contributed by atoms with Crippen LogP contribution in [0.3, 0.4) is 0 Å². The summed E-state index contributed by atoms with van der Waals surface area (Å²) in [5.74, 6) is 0. The molecule has 2 saturated heterocycles. The third-order valence-electron chi connectivity index (χ3n) is 2.66. The largest absolute Gasteiger partial charge is 0.379 e. The van der Waals surface area contributed by atoms with E-state index in [0.29, 0.717) is 0 Å². The number of hydrogen-bond donors (Lipinski definition) is 0. The van der Waals surface area contributed by atoms with Crippen molar-refractivity contribution in [3.05, 3.63) is 0 Å². The summed E-state index contributed by atoms with van der Waals surface area (Å²) in [6.45, 7) is 6.26. The Bertz CT molecular complexity index is 151. The SMILES string of the molecule is C1CCOC(CN2CCOCC2)OC1. The van der Waals surface area contributed by atoms with Crippen LogP contribution in [-0.4, -0.2) is 57.3 Å². The van der Waals surface area contributed by atoms with E-state index < -0.39 is 0 Å². The second-order valence-corrected chi connectivity index (χ2v) is 3.79. The second kappa shape index (κ2) is 5.66. The summed E-state index contributed by atoms with van der Waals surface area (Å²) in [4.78, 5) is 2.35. The van der Waals surface area contributed by atoms with E-state index in [1.54, 1.807) is 0 Å². The lowest BCUT2D eigenvalue weighted by atomic mass is 10.3. The molecular weight excluding hydrogens is 182 g/mol. The fourth-order valence-electron chi connectivity index (χ4n) is 1.78. The van der Waals surface area contributed by atoms with Gasteiger partial charge < -0.3 is 14.2 Å². The molecule has 0 N–H and O–H groups in total. The molecule has 0 aromatic rings. The molecule has 2 heterocycles. The molecule has 0 bridgehead atoms. The third kappa shape index (κ3) is 3.20. The van der Waals surface area contributed by atoms with Gasteiger partial charge in [-0.05, 0) is 12.8 Å². The fraction of sp³-hybridized carbons (Fsp3) is 1.00. The average Bonchev–Trinajstić information content (AvgIpc) is 2.48. The predicted molar refractivity (Wildman–Crippen MR) is 52.2 cm³/mol. The van der Waals surface area contributed by atoms with Gasteiger partial charge in [-0.3, -0.25) is 4.90 Å². The minimum atomic E-state index is -0.0180. The number of hydrogen-bond acceptors (Lipinski definition) is 4. The molecule has 14 heavy (non-hydrogen) atoms. The number of rotatable bonds is 2. The molecule has 2 aliphatic heterocycles. The first-order valence-electron chi connectivity index (χ1n) is 5.48. The van der Waals surface area contributed by atoms with E-state index >= 15 is 0 Å². The Labute approximate surface area is 85.1 Å². The molecule has 0 unspecified atom stereocenters. The van der Waals surface area contributed by atoms with Crippen LogP contribution in [0.15, 0.2) is 0 Å². The maximum absolute atomic E-state index is 5.60. The second-order valence-electron chi connectivity index (χ2n) is 3.79. The van der Waals surface area contributed by atoms with Gasteiger partial charge in [0.25, 0.3) is 0 Å². The Morgan fingerprint density at radius 3 is 2.21 bits per heavy atom. The summed E-state index contributed by atoms with van der Waals surface area (Å²) in [6.07, 6.45) is 2.23. The van der Waals surface area contributed by atoms with Crippen molar-refractivity contribution in [3.8, 4) is 0 Å². The van der Waals surface area contributed by atoms with E-state index in [9.17, 15) is 0 Å². The van der Waals surface area contributed by atoms with Gasteiger partial charge in [-0.2, -0.15) is 0 Å². The molecule has 82 valence electrons. The summed E-state index contributed by atoms with van der Waals surface area (Å²) in [5.41, 5.74) is 0. The van der Waals surface area contributed by atoms with Gasteiger partial charge in [-0.25, -0.2) is 0 Å². The standard InChI is InChI=1S/C10H19NO3/c1-2-6-14-10(13-5-1)9-11-3-7-12-8-4-11/h10H,1-9H2. The molecule has 0 aromatic heterocycles. The van der Waals surface area contributed by atoms with Crippen molar-refractivity contribution in [2.75, 3.05) is 46.1 Å². The summed E-state index contributed by atoms with van der Waals surface area (Å²) >= 11 is 0. The molecule has 0 atom stereocenters. The predicted octanol–water partition coefficient (Wildman–Crippen LogP) is 0.472. The molecule has 0 saturated carbocycles. The van der Waals surface area contributed by atoms with Crippen molar-refractivity contribution >= 4 is 0 Å². The van der Waals surface area contributed by atoms with Crippen LogP contribution >= 0.6 is 0 Å². The molecule has 0 amide bonds. The molecule has 2 fully saturated rings. The van der Waals surface area contributed by atoms with Crippen LogP contribution in [0.4, 0.5) is 0 Å². The van der Waals surface area contributed by atoms with Crippen molar-refractivity contribution in [2.45, 2.75) is 19.1 Å². The molecule has 2 aliphatic rings. The van der Waals surface area contributed by atoms with E-state index in [2.05, 4.69) is 4.90 Å². The van der Waals surface area contributed by atoms with Gasteiger partial charge in [0.1, 0.15) is 0 Å². The first-order chi connectivity index (χ1) is 6.95. The van der Waals surface area contributed by atoms with Gasteiger partial charge in [0.15, 0.2) is 6.29 Å². The molecule has 2 rings (SSSR count). The molecular formula is C10H19NO3. The van der Waals surface area contributed by atoms with E-state index in [0.717, 1.165) is 58.9 Å². The van der Waals surface area contributed by atoms with E-state index in [1.165, 1.54) is 0 Å². The number of ether oxygens (including phenoxy) is 3. The van der Waals surface area contributed by atoms with Crippen LogP contribution in [-0.2, 0) is 14.2 Å². The lowest BCUT2D eigenvalue weighted by molar-refractivity contribution is -0.143. The maximum atomic E-state index is 5.60. The first kappa shape index (κ1) is 10.4. The highest BCUT2D eigenvalue weighted by Gasteiger charge is 2.18. The van der Waals surface area contributed by atoms with Crippen molar-refractivity contribution in [1.29, 1.82) is 0 Å². The Balaban J connectivity index is 1.71. The van der Waals surface area contributed by atoms with Crippen LogP contribution in [0.5, 0.6) is 0 Å².